The van der Waals surface area contributed by atoms with Crippen molar-refractivity contribution in [2.45, 2.75) is 18.3 Å². The molecule has 1 aliphatic rings. The van der Waals surface area contributed by atoms with E-state index in [0.29, 0.717) is 23.5 Å². The summed E-state index contributed by atoms with van der Waals surface area (Å²) in [7, 11) is 0. The normalized spacial score (nSPS) is 19.6. The molecule has 1 fully saturated rings. The van der Waals surface area contributed by atoms with Gasteiger partial charge >= 0.3 is 0 Å². The van der Waals surface area contributed by atoms with Gasteiger partial charge in [-0.05, 0) is 47.6 Å². The Morgan fingerprint density at radius 2 is 1.57 bits per heavy atom. The van der Waals surface area contributed by atoms with Gasteiger partial charge in [0, 0.05) is 24.8 Å². The summed E-state index contributed by atoms with van der Waals surface area (Å²) in [6, 6.07) is 6.66. The van der Waals surface area contributed by atoms with Crippen LogP contribution in [0, 0.1) is 5.82 Å². The van der Waals surface area contributed by atoms with Crippen LogP contribution in [0.4, 0.5) is 4.39 Å². The smallest absolute Gasteiger partial charge is 0.197 e. The molecule has 0 radical (unpaired) electrons. The third kappa shape index (κ3) is 2.80. The van der Waals surface area contributed by atoms with Crippen LogP contribution in [0.25, 0.3) is 11.6 Å². The Morgan fingerprint density at radius 3 is 2.26 bits per heavy atom. The lowest BCUT2D eigenvalue weighted by Crippen LogP contribution is -1.95. The summed E-state index contributed by atoms with van der Waals surface area (Å²) in [4.78, 5) is 17.0. The molecule has 1 aromatic carbocycles. The first-order chi connectivity index (χ1) is 11.2. The molecule has 0 aliphatic heterocycles. The van der Waals surface area contributed by atoms with E-state index in [0.717, 1.165) is 17.5 Å². The van der Waals surface area contributed by atoms with E-state index < -0.39 is 0 Å². The topological polar surface area (TPSA) is 51.6 Å². The molecule has 0 saturated heterocycles. The van der Waals surface area contributed by atoms with E-state index in [1.807, 2.05) is 12.4 Å². The molecule has 6 heteroatoms. The van der Waals surface area contributed by atoms with Crippen LogP contribution in [0.1, 0.15) is 29.4 Å². The van der Waals surface area contributed by atoms with Gasteiger partial charge in [-0.25, -0.2) is 24.3 Å². The highest BCUT2D eigenvalue weighted by molar-refractivity contribution is 6.30. The first kappa shape index (κ1) is 14.2. The van der Waals surface area contributed by atoms with E-state index >= 15 is 0 Å². The van der Waals surface area contributed by atoms with Gasteiger partial charge in [-0.2, -0.15) is 0 Å². The summed E-state index contributed by atoms with van der Waals surface area (Å²) in [5, 5.41) is 0.168. The minimum absolute atomic E-state index is 0.168. The molecule has 3 aromatic rings. The van der Waals surface area contributed by atoms with Gasteiger partial charge < -0.3 is 0 Å². The van der Waals surface area contributed by atoms with Gasteiger partial charge in [-0.3, -0.25) is 0 Å². The lowest BCUT2D eigenvalue weighted by Gasteiger charge is -2.03. The van der Waals surface area contributed by atoms with E-state index in [1.54, 1.807) is 30.6 Å². The van der Waals surface area contributed by atoms with Crippen molar-refractivity contribution in [3.05, 3.63) is 71.0 Å². The monoisotopic (exact) mass is 326 g/mol. The zero-order valence-electron chi connectivity index (χ0n) is 12.0. The lowest BCUT2D eigenvalue weighted by molar-refractivity contribution is 0.627. The summed E-state index contributed by atoms with van der Waals surface area (Å²) in [6.45, 7) is 0. The van der Waals surface area contributed by atoms with Crippen LogP contribution < -0.4 is 0 Å². The minimum Gasteiger partial charge on any atom is -0.234 e. The third-order valence-corrected chi connectivity index (χ3v) is 4.32. The van der Waals surface area contributed by atoms with Gasteiger partial charge in [-0.15, -0.1) is 0 Å². The average Bonchev–Trinajstić information content (AvgIpc) is 3.39. The molecule has 4 nitrogen and oxygen atoms in total. The molecule has 0 bridgehead atoms. The van der Waals surface area contributed by atoms with Crippen LogP contribution in [-0.4, -0.2) is 19.9 Å². The fourth-order valence-corrected chi connectivity index (χ4v) is 2.92. The first-order valence-electron chi connectivity index (χ1n) is 7.26. The average molecular weight is 327 g/mol. The molecule has 114 valence electrons. The molecule has 0 spiro atoms. The van der Waals surface area contributed by atoms with Crippen LogP contribution in [0.2, 0.25) is 5.02 Å². The molecular weight excluding hydrogens is 315 g/mol. The fraction of sp³-hybridized carbons (Fsp3) is 0.176. The van der Waals surface area contributed by atoms with Gasteiger partial charge in [0.15, 0.2) is 11.6 Å². The standard InChI is InChI=1S/C17H12ClFN4/c18-14-6-10(2-3-15(14)19)12-7-13(12)11-8-22-17(23-9-11)16-20-4-1-5-21-16/h1-6,8-9,12-13H,7H2. The van der Waals surface area contributed by atoms with E-state index in [9.17, 15) is 4.39 Å². The molecule has 1 aliphatic carbocycles. The second-order valence-electron chi connectivity index (χ2n) is 5.53. The van der Waals surface area contributed by atoms with Gasteiger partial charge in [0.2, 0.25) is 0 Å². The number of nitrogens with zero attached hydrogens (tertiary/aromatic N) is 4. The number of aromatic nitrogens is 4. The molecule has 0 N–H and O–H groups in total. The molecule has 23 heavy (non-hydrogen) atoms. The second-order valence-corrected chi connectivity index (χ2v) is 5.94. The molecule has 0 amide bonds. The summed E-state index contributed by atoms with van der Waals surface area (Å²) in [5.41, 5.74) is 2.12. The SMILES string of the molecule is Fc1ccc(C2CC2c2cnc(-c3ncccn3)nc2)cc1Cl. The van der Waals surface area contributed by atoms with E-state index in [1.165, 1.54) is 6.07 Å². The van der Waals surface area contributed by atoms with Crippen LogP contribution in [0.3, 0.4) is 0 Å². The zero-order valence-corrected chi connectivity index (χ0v) is 12.8. The van der Waals surface area contributed by atoms with Crippen molar-refractivity contribution >= 4 is 11.6 Å². The Kier molecular flexibility index (Phi) is 3.50. The zero-order chi connectivity index (χ0) is 15.8. The molecule has 1 saturated carbocycles. The maximum atomic E-state index is 13.2. The summed E-state index contributed by atoms with van der Waals surface area (Å²) >= 11 is 5.85. The predicted molar refractivity (Wildman–Crippen MR) is 84.6 cm³/mol. The highest BCUT2D eigenvalue weighted by Gasteiger charge is 2.40. The third-order valence-electron chi connectivity index (χ3n) is 4.03. The number of halogens is 2. The van der Waals surface area contributed by atoms with Crippen molar-refractivity contribution in [2.75, 3.05) is 0 Å². The quantitative estimate of drug-likeness (QED) is 0.730. The Bertz CT molecular complexity index is 839. The van der Waals surface area contributed by atoms with Crippen LogP contribution >= 0.6 is 11.6 Å². The summed E-state index contributed by atoms with van der Waals surface area (Å²) in [5.74, 6) is 1.33. The maximum absolute atomic E-state index is 13.2. The number of rotatable bonds is 3. The van der Waals surface area contributed by atoms with Crippen molar-refractivity contribution < 1.29 is 4.39 Å². The van der Waals surface area contributed by atoms with Gasteiger partial charge in [0.25, 0.3) is 0 Å². The number of benzene rings is 1. The molecule has 4 rings (SSSR count). The largest absolute Gasteiger partial charge is 0.234 e. The summed E-state index contributed by atoms with van der Waals surface area (Å²) in [6.07, 6.45) is 7.94. The Labute approximate surface area is 137 Å². The number of hydrogen-bond acceptors (Lipinski definition) is 4. The van der Waals surface area contributed by atoms with Crippen molar-refractivity contribution in [3.8, 4) is 11.6 Å². The van der Waals surface area contributed by atoms with Crippen molar-refractivity contribution in [2.24, 2.45) is 0 Å². The van der Waals surface area contributed by atoms with Crippen LogP contribution in [-0.2, 0) is 0 Å². The molecular formula is C17H12ClFN4. The number of hydrogen-bond donors (Lipinski definition) is 0. The van der Waals surface area contributed by atoms with Gasteiger partial charge in [-0.1, -0.05) is 17.7 Å². The van der Waals surface area contributed by atoms with Crippen LogP contribution in [0.5, 0.6) is 0 Å². The predicted octanol–water partition coefficient (Wildman–Crippen LogP) is 4.00. The van der Waals surface area contributed by atoms with Gasteiger partial charge in [0.1, 0.15) is 5.82 Å². The maximum Gasteiger partial charge on any atom is 0.197 e. The Morgan fingerprint density at radius 1 is 0.913 bits per heavy atom. The van der Waals surface area contributed by atoms with Crippen molar-refractivity contribution in [1.82, 2.24) is 19.9 Å². The van der Waals surface area contributed by atoms with E-state index in [2.05, 4.69) is 19.9 Å². The Balaban J connectivity index is 1.53. The van der Waals surface area contributed by atoms with E-state index in [-0.39, 0.29) is 10.8 Å². The van der Waals surface area contributed by atoms with Gasteiger partial charge in [0.05, 0.1) is 5.02 Å². The molecule has 2 heterocycles. The minimum atomic E-state index is -0.386. The van der Waals surface area contributed by atoms with Crippen molar-refractivity contribution in [3.63, 3.8) is 0 Å². The van der Waals surface area contributed by atoms with Crippen LogP contribution in [0.15, 0.2) is 49.1 Å². The molecule has 2 atom stereocenters. The molecule has 2 unspecified atom stereocenters. The summed E-state index contributed by atoms with van der Waals surface area (Å²) < 4.78 is 13.2. The Hall–Kier alpha value is -2.40. The second kappa shape index (κ2) is 5.66. The van der Waals surface area contributed by atoms with E-state index in [4.69, 9.17) is 11.6 Å². The lowest BCUT2D eigenvalue weighted by atomic mass is 10.1. The van der Waals surface area contributed by atoms with Crippen molar-refractivity contribution in [1.29, 1.82) is 0 Å². The highest BCUT2D eigenvalue weighted by Crippen LogP contribution is 2.54. The highest BCUT2D eigenvalue weighted by atomic mass is 35.5. The first-order valence-corrected chi connectivity index (χ1v) is 7.64. The fourth-order valence-electron chi connectivity index (χ4n) is 2.73. The molecule has 2 aromatic heterocycles.